The Kier molecular flexibility index (Phi) is 4.02. The first-order chi connectivity index (χ1) is 11.1. The van der Waals surface area contributed by atoms with Crippen LogP contribution in [0.3, 0.4) is 0 Å². The molecule has 0 unspecified atom stereocenters. The lowest BCUT2D eigenvalue weighted by Crippen LogP contribution is -2.56. The van der Waals surface area contributed by atoms with Crippen LogP contribution in [0, 0.1) is 0 Å². The van der Waals surface area contributed by atoms with Crippen LogP contribution in [0.1, 0.15) is 19.3 Å². The Hall–Kier alpha value is 0.0506. The minimum atomic E-state index is -1.41. The van der Waals surface area contributed by atoms with Gasteiger partial charge in [-0.25, -0.2) is 0 Å². The number of thiophene rings is 2. The highest BCUT2D eigenvalue weighted by molar-refractivity contribution is 7.38. The average molecular weight is 407 g/mol. The molecule has 0 saturated carbocycles. The third kappa shape index (κ3) is 2.54. The minimum Gasteiger partial charge on any atom is -0.144 e. The molecule has 0 aromatic carbocycles. The van der Waals surface area contributed by atoms with Gasteiger partial charge in [0.2, 0.25) is 0 Å². The highest BCUT2D eigenvalue weighted by Crippen LogP contribution is 2.42. The van der Waals surface area contributed by atoms with Crippen LogP contribution in [0.25, 0.3) is 9.75 Å². The Labute approximate surface area is 158 Å². The van der Waals surface area contributed by atoms with E-state index in [1.165, 1.54) is 31.4 Å². The Bertz CT molecular complexity index is 720. The average Bonchev–Trinajstić information content (AvgIpc) is 3.14. The molecule has 1 saturated heterocycles. The zero-order valence-electron chi connectivity index (χ0n) is 16.0. The van der Waals surface area contributed by atoms with Gasteiger partial charge < -0.3 is 0 Å². The number of rotatable bonds is 2. The molecule has 24 heavy (non-hydrogen) atoms. The SMILES string of the molecule is C[Si](C)(C)c1cc2c(s1)-c1sc([Si](C)(C)C)cc1[Si]21CCCCC1. The predicted molar refractivity (Wildman–Crippen MR) is 122 cm³/mol. The fourth-order valence-corrected chi connectivity index (χ4v) is 17.9. The Balaban J connectivity index is 1.94. The molecule has 2 aromatic heterocycles. The van der Waals surface area contributed by atoms with Crippen molar-refractivity contribution in [2.75, 3.05) is 0 Å². The Morgan fingerprint density at radius 2 is 1.12 bits per heavy atom. The molecule has 0 amide bonds. The third-order valence-electron chi connectivity index (χ3n) is 5.89. The van der Waals surface area contributed by atoms with Crippen molar-refractivity contribution < 1.29 is 0 Å². The van der Waals surface area contributed by atoms with Gasteiger partial charge in [-0.05, 0) is 31.5 Å². The van der Waals surface area contributed by atoms with Crippen LogP contribution in [0.2, 0.25) is 51.4 Å². The fraction of sp³-hybridized carbons (Fsp3) is 0.579. The topological polar surface area (TPSA) is 0 Å². The summed E-state index contributed by atoms with van der Waals surface area (Å²) < 4.78 is 3.50. The van der Waals surface area contributed by atoms with Crippen molar-refractivity contribution in [3.05, 3.63) is 12.1 Å². The lowest BCUT2D eigenvalue weighted by Gasteiger charge is -2.32. The van der Waals surface area contributed by atoms with Crippen LogP contribution >= 0.6 is 22.7 Å². The van der Waals surface area contributed by atoms with Crippen LogP contribution < -0.4 is 19.4 Å². The quantitative estimate of drug-likeness (QED) is 0.638. The van der Waals surface area contributed by atoms with Crippen molar-refractivity contribution >= 4 is 66.3 Å². The van der Waals surface area contributed by atoms with E-state index in [4.69, 9.17) is 0 Å². The van der Waals surface area contributed by atoms with Crippen LogP contribution in [-0.2, 0) is 0 Å². The summed E-state index contributed by atoms with van der Waals surface area (Å²) in [6.45, 7) is 15.1. The monoisotopic (exact) mass is 406 g/mol. The predicted octanol–water partition coefficient (Wildman–Crippen LogP) is 4.63. The van der Waals surface area contributed by atoms with Gasteiger partial charge in [-0.3, -0.25) is 0 Å². The van der Waals surface area contributed by atoms with Crippen molar-refractivity contribution in [2.24, 2.45) is 0 Å². The molecule has 4 rings (SSSR count). The molecule has 0 aliphatic carbocycles. The van der Waals surface area contributed by atoms with Crippen LogP contribution in [0.15, 0.2) is 12.1 Å². The second-order valence-corrected chi connectivity index (χ2v) is 27.0. The second kappa shape index (κ2) is 5.52. The third-order valence-corrected chi connectivity index (χ3v) is 21.1. The van der Waals surface area contributed by atoms with Gasteiger partial charge in [0.1, 0.15) is 8.07 Å². The maximum absolute atomic E-state index is 2.71. The van der Waals surface area contributed by atoms with Gasteiger partial charge in [0, 0.05) is 9.75 Å². The van der Waals surface area contributed by atoms with E-state index in [0.29, 0.717) is 0 Å². The normalized spacial score (nSPS) is 19.6. The molecule has 0 nitrogen and oxygen atoms in total. The molecular weight excluding hydrogens is 377 g/mol. The summed E-state index contributed by atoms with van der Waals surface area (Å²) in [5, 5.41) is 3.74. The molecule has 0 N–H and O–H groups in total. The summed E-state index contributed by atoms with van der Waals surface area (Å²) in [7, 11) is -3.82. The first kappa shape index (κ1) is 17.5. The van der Waals surface area contributed by atoms with E-state index >= 15 is 0 Å². The van der Waals surface area contributed by atoms with Gasteiger partial charge in [-0.1, -0.05) is 70.7 Å². The van der Waals surface area contributed by atoms with Gasteiger partial charge in [0.15, 0.2) is 0 Å². The lowest BCUT2D eigenvalue weighted by atomic mass is 10.3. The second-order valence-electron chi connectivity index (χ2n) is 9.85. The van der Waals surface area contributed by atoms with Crippen LogP contribution in [0.5, 0.6) is 0 Å². The summed E-state index contributed by atoms with van der Waals surface area (Å²) in [4.78, 5) is 3.45. The van der Waals surface area contributed by atoms with Gasteiger partial charge >= 0.3 is 0 Å². The minimum absolute atomic E-state index is 1.20. The van der Waals surface area contributed by atoms with Gasteiger partial charge in [0.05, 0.1) is 16.1 Å². The van der Waals surface area contributed by atoms with Crippen molar-refractivity contribution in [2.45, 2.75) is 70.6 Å². The number of fused-ring (bicyclic) bond motifs is 5. The number of hydrogen-bond donors (Lipinski definition) is 0. The standard InChI is InChI=1S/C19H30S2Si3/c1-22(2,3)16-12-14-18(20-16)19-15(13-17(21-19)23(4,5)6)24(14)10-8-7-9-11-24/h12-13H,7-11H2,1-6H3. The molecule has 0 atom stereocenters. The van der Waals surface area contributed by atoms with Crippen molar-refractivity contribution in [1.82, 2.24) is 0 Å². The van der Waals surface area contributed by atoms with Crippen molar-refractivity contribution in [1.29, 1.82) is 0 Å². The summed E-state index contributed by atoms with van der Waals surface area (Å²) in [5.41, 5.74) is 0. The molecular formula is C19H30S2Si3. The maximum Gasteiger partial charge on any atom is 0.122 e. The fourth-order valence-electron chi connectivity index (χ4n) is 4.41. The van der Waals surface area contributed by atoms with Crippen molar-refractivity contribution in [3.8, 4) is 9.75 Å². The van der Waals surface area contributed by atoms with Crippen LogP contribution in [0.4, 0.5) is 0 Å². The molecule has 4 heterocycles. The zero-order chi connectivity index (χ0) is 17.3. The first-order valence-electron chi connectivity index (χ1n) is 9.43. The largest absolute Gasteiger partial charge is 0.144 e. The van der Waals surface area contributed by atoms with Gasteiger partial charge in [0.25, 0.3) is 0 Å². The highest BCUT2D eigenvalue weighted by atomic mass is 32.1. The van der Waals surface area contributed by atoms with E-state index < -0.39 is 24.2 Å². The van der Waals surface area contributed by atoms with Crippen molar-refractivity contribution in [3.63, 3.8) is 0 Å². The summed E-state index contributed by atoms with van der Waals surface area (Å²) >= 11 is 4.37. The van der Waals surface area contributed by atoms with Gasteiger partial charge in [-0.15, -0.1) is 22.7 Å². The van der Waals surface area contributed by atoms with Crippen LogP contribution in [-0.4, -0.2) is 24.2 Å². The zero-order valence-corrected chi connectivity index (χ0v) is 20.6. The van der Waals surface area contributed by atoms with E-state index in [-0.39, 0.29) is 0 Å². The lowest BCUT2D eigenvalue weighted by molar-refractivity contribution is 0.721. The molecule has 2 aliphatic rings. The molecule has 2 aromatic rings. The highest BCUT2D eigenvalue weighted by Gasteiger charge is 2.49. The maximum atomic E-state index is 2.71. The van der Waals surface area contributed by atoms with Gasteiger partial charge in [-0.2, -0.15) is 0 Å². The summed E-state index contributed by atoms with van der Waals surface area (Å²) in [6, 6.07) is 8.48. The Morgan fingerprint density at radius 3 is 1.50 bits per heavy atom. The van der Waals surface area contributed by atoms with E-state index in [1.807, 2.05) is 10.4 Å². The first-order valence-corrected chi connectivity index (χ1v) is 20.5. The molecule has 5 heteroatoms. The molecule has 0 radical (unpaired) electrons. The number of hydrogen-bond acceptors (Lipinski definition) is 2. The molecule has 0 bridgehead atoms. The smallest absolute Gasteiger partial charge is 0.122 e. The molecule has 1 spiro atoms. The molecule has 2 aliphatic heterocycles. The summed E-state index contributed by atoms with van der Waals surface area (Å²) in [6.07, 6.45) is 4.41. The molecule has 1 fully saturated rings. The van der Waals surface area contributed by atoms with E-state index in [1.54, 1.807) is 18.8 Å². The Morgan fingerprint density at radius 1 is 0.708 bits per heavy atom. The van der Waals surface area contributed by atoms with E-state index in [2.05, 4.69) is 74.1 Å². The van der Waals surface area contributed by atoms with E-state index in [0.717, 1.165) is 0 Å². The summed E-state index contributed by atoms with van der Waals surface area (Å²) in [5.74, 6) is 0. The molecule has 130 valence electrons. The van der Waals surface area contributed by atoms with E-state index in [9.17, 15) is 0 Å².